The lowest BCUT2D eigenvalue weighted by molar-refractivity contribution is -0.136. The Morgan fingerprint density at radius 2 is 1.88 bits per heavy atom. The van der Waals surface area contributed by atoms with E-state index in [9.17, 15) is 14.0 Å². The highest BCUT2D eigenvalue weighted by molar-refractivity contribution is 6.00. The van der Waals surface area contributed by atoms with E-state index in [1.54, 1.807) is 30.2 Å². The van der Waals surface area contributed by atoms with Gasteiger partial charge in [0.2, 0.25) is 23.6 Å². The summed E-state index contributed by atoms with van der Waals surface area (Å²) in [5, 5.41) is 8.27. The van der Waals surface area contributed by atoms with Crippen LogP contribution in [0.1, 0.15) is 31.1 Å². The van der Waals surface area contributed by atoms with E-state index in [0.29, 0.717) is 55.6 Å². The summed E-state index contributed by atoms with van der Waals surface area (Å²) in [6, 6.07) is 13.2. The number of methoxy groups -OCH3 is 1. The lowest BCUT2D eigenvalue weighted by Crippen LogP contribution is -2.42. The summed E-state index contributed by atoms with van der Waals surface area (Å²) < 4.78 is 24.2. The molecular formula is C25H25FN4O4. The van der Waals surface area contributed by atoms with Gasteiger partial charge >= 0.3 is 0 Å². The fourth-order valence-corrected chi connectivity index (χ4v) is 4.61. The Balaban J connectivity index is 1.19. The number of carbonyl (C=O) groups excluding carboxylic acids is 2. The number of piperidine rings is 1. The maximum Gasteiger partial charge on any atom is 0.247 e. The first kappa shape index (κ1) is 22.1. The van der Waals surface area contributed by atoms with Crippen LogP contribution in [0.3, 0.4) is 0 Å². The highest BCUT2D eigenvalue weighted by atomic mass is 19.1. The summed E-state index contributed by atoms with van der Waals surface area (Å²) in [4.78, 5) is 29.3. The van der Waals surface area contributed by atoms with E-state index < -0.39 is 0 Å². The first-order valence-corrected chi connectivity index (χ1v) is 11.3. The number of benzene rings is 2. The summed E-state index contributed by atoms with van der Waals surface area (Å²) in [5.74, 6) is 0.896. The molecule has 1 atom stereocenters. The van der Waals surface area contributed by atoms with Crippen molar-refractivity contribution in [3.8, 4) is 17.2 Å². The fourth-order valence-electron chi connectivity index (χ4n) is 4.61. The number of ether oxygens (including phenoxy) is 1. The Hall–Kier alpha value is -3.75. The van der Waals surface area contributed by atoms with Gasteiger partial charge in [-0.3, -0.25) is 9.59 Å². The molecule has 8 nitrogen and oxygen atoms in total. The summed E-state index contributed by atoms with van der Waals surface area (Å²) in [5.41, 5.74) is 1.41. The Kier molecular flexibility index (Phi) is 6.00. The molecule has 5 rings (SSSR count). The van der Waals surface area contributed by atoms with Gasteiger partial charge in [0.05, 0.1) is 13.0 Å². The molecule has 0 saturated carbocycles. The van der Waals surface area contributed by atoms with E-state index in [-0.39, 0.29) is 35.9 Å². The van der Waals surface area contributed by atoms with Gasteiger partial charge in [0, 0.05) is 49.3 Å². The second-order valence-electron chi connectivity index (χ2n) is 8.66. The molecule has 0 aliphatic carbocycles. The first-order chi connectivity index (χ1) is 16.5. The molecule has 2 amide bonds. The van der Waals surface area contributed by atoms with Gasteiger partial charge in [0.1, 0.15) is 11.6 Å². The second-order valence-corrected chi connectivity index (χ2v) is 8.66. The normalized spacial score (nSPS) is 19.0. The van der Waals surface area contributed by atoms with Gasteiger partial charge in [-0.05, 0) is 49.2 Å². The molecule has 0 bridgehead atoms. The van der Waals surface area contributed by atoms with Crippen molar-refractivity contribution >= 4 is 17.5 Å². The van der Waals surface area contributed by atoms with Crippen molar-refractivity contribution in [2.45, 2.75) is 25.2 Å². The predicted octanol–water partition coefficient (Wildman–Crippen LogP) is 3.64. The minimum atomic E-state index is -0.358. The lowest BCUT2D eigenvalue weighted by atomic mass is 9.95. The van der Waals surface area contributed by atoms with E-state index >= 15 is 0 Å². The minimum Gasteiger partial charge on any atom is -0.497 e. The molecule has 1 unspecified atom stereocenters. The molecule has 2 fully saturated rings. The van der Waals surface area contributed by atoms with Crippen LogP contribution in [0.15, 0.2) is 52.9 Å². The number of halogens is 1. The van der Waals surface area contributed by atoms with Gasteiger partial charge in [-0.2, -0.15) is 0 Å². The average molecular weight is 464 g/mol. The average Bonchev–Trinajstić information content (AvgIpc) is 3.52. The zero-order valence-corrected chi connectivity index (χ0v) is 18.8. The van der Waals surface area contributed by atoms with Crippen molar-refractivity contribution in [2.24, 2.45) is 5.92 Å². The third kappa shape index (κ3) is 4.37. The molecule has 3 heterocycles. The standard InChI is InChI=1S/C25H25FN4O4/c1-33-21-4-2-3-20(14-21)30-15-18(13-22(30)31)25(32)29-11-9-17(10-12-29)24-28-27-23(34-24)16-5-7-19(26)8-6-16/h2-8,14,17-18H,9-13,15H2,1H3. The van der Waals surface area contributed by atoms with E-state index in [4.69, 9.17) is 9.15 Å². The molecule has 0 radical (unpaired) electrons. The predicted molar refractivity (Wildman–Crippen MR) is 122 cm³/mol. The Bertz CT molecular complexity index is 1190. The SMILES string of the molecule is COc1cccc(N2CC(C(=O)N3CCC(c4nnc(-c5ccc(F)cc5)o4)CC3)CC2=O)c1. The van der Waals surface area contributed by atoms with E-state index in [1.165, 1.54) is 12.1 Å². The van der Waals surface area contributed by atoms with Crippen molar-refractivity contribution in [3.63, 3.8) is 0 Å². The van der Waals surface area contributed by atoms with Crippen molar-refractivity contribution in [1.82, 2.24) is 15.1 Å². The van der Waals surface area contributed by atoms with Crippen LogP contribution >= 0.6 is 0 Å². The number of likely N-dealkylation sites (tertiary alicyclic amines) is 1. The fraction of sp³-hybridized carbons (Fsp3) is 0.360. The topological polar surface area (TPSA) is 88.8 Å². The van der Waals surface area contributed by atoms with Gasteiger partial charge in [0.15, 0.2) is 0 Å². The number of hydrogen-bond donors (Lipinski definition) is 0. The third-order valence-corrected chi connectivity index (χ3v) is 6.53. The second kappa shape index (κ2) is 9.24. The van der Waals surface area contributed by atoms with Crippen LogP contribution in [0.2, 0.25) is 0 Å². The van der Waals surface area contributed by atoms with Crippen molar-refractivity contribution in [2.75, 3.05) is 31.6 Å². The molecule has 34 heavy (non-hydrogen) atoms. The molecule has 2 aliphatic heterocycles. The molecule has 0 spiro atoms. The van der Waals surface area contributed by atoms with Crippen LogP contribution in [0.5, 0.6) is 5.75 Å². The monoisotopic (exact) mass is 464 g/mol. The molecular weight excluding hydrogens is 439 g/mol. The van der Waals surface area contributed by atoms with E-state index in [0.717, 1.165) is 5.69 Å². The Labute approximate surface area is 196 Å². The molecule has 3 aromatic rings. The number of aromatic nitrogens is 2. The van der Waals surface area contributed by atoms with Crippen LogP contribution in [0, 0.1) is 11.7 Å². The summed E-state index contributed by atoms with van der Waals surface area (Å²) in [6.45, 7) is 1.51. The maximum atomic E-state index is 13.1. The first-order valence-electron chi connectivity index (χ1n) is 11.3. The van der Waals surface area contributed by atoms with Gasteiger partial charge in [0.25, 0.3) is 0 Å². The Morgan fingerprint density at radius 3 is 2.62 bits per heavy atom. The number of carbonyl (C=O) groups is 2. The summed E-state index contributed by atoms with van der Waals surface area (Å²) in [6.07, 6.45) is 1.62. The zero-order chi connectivity index (χ0) is 23.7. The van der Waals surface area contributed by atoms with E-state index in [1.807, 2.05) is 23.1 Å². The number of amides is 2. The van der Waals surface area contributed by atoms with Crippen LogP contribution < -0.4 is 9.64 Å². The van der Waals surface area contributed by atoms with Crippen LogP contribution in [0.25, 0.3) is 11.5 Å². The van der Waals surface area contributed by atoms with Crippen molar-refractivity contribution in [1.29, 1.82) is 0 Å². The van der Waals surface area contributed by atoms with Crippen LogP contribution in [0.4, 0.5) is 10.1 Å². The van der Waals surface area contributed by atoms with Crippen molar-refractivity contribution < 1.29 is 23.1 Å². The number of rotatable bonds is 5. The molecule has 1 aromatic heterocycles. The Morgan fingerprint density at radius 1 is 1.12 bits per heavy atom. The molecule has 9 heteroatoms. The van der Waals surface area contributed by atoms with Gasteiger partial charge in [-0.15, -0.1) is 10.2 Å². The molecule has 176 valence electrons. The van der Waals surface area contributed by atoms with Gasteiger partial charge in [-0.1, -0.05) is 6.07 Å². The van der Waals surface area contributed by atoms with Crippen molar-refractivity contribution in [3.05, 3.63) is 60.2 Å². The minimum absolute atomic E-state index is 0.00901. The van der Waals surface area contributed by atoms with E-state index in [2.05, 4.69) is 10.2 Å². The van der Waals surface area contributed by atoms with Gasteiger partial charge < -0.3 is 19.0 Å². The molecule has 0 N–H and O–H groups in total. The molecule has 2 aliphatic rings. The van der Waals surface area contributed by atoms with Crippen LogP contribution in [-0.2, 0) is 9.59 Å². The lowest BCUT2D eigenvalue weighted by Gasteiger charge is -2.32. The quantitative estimate of drug-likeness (QED) is 0.573. The third-order valence-electron chi connectivity index (χ3n) is 6.53. The van der Waals surface area contributed by atoms with Gasteiger partial charge in [-0.25, -0.2) is 4.39 Å². The van der Waals surface area contributed by atoms with Crippen LogP contribution in [-0.4, -0.2) is 53.7 Å². The highest BCUT2D eigenvalue weighted by Gasteiger charge is 2.38. The number of anilines is 1. The molecule has 2 aromatic carbocycles. The highest BCUT2D eigenvalue weighted by Crippen LogP contribution is 2.32. The summed E-state index contributed by atoms with van der Waals surface area (Å²) >= 11 is 0. The number of hydrogen-bond acceptors (Lipinski definition) is 6. The number of nitrogens with zero attached hydrogens (tertiary/aromatic N) is 4. The molecule has 2 saturated heterocycles. The maximum absolute atomic E-state index is 13.1. The summed E-state index contributed by atoms with van der Waals surface area (Å²) in [7, 11) is 1.58. The zero-order valence-electron chi connectivity index (χ0n) is 18.8. The smallest absolute Gasteiger partial charge is 0.247 e. The largest absolute Gasteiger partial charge is 0.497 e.